The van der Waals surface area contributed by atoms with Gasteiger partial charge in [0.2, 0.25) is 15.9 Å². The molecule has 3 aliphatic rings. The fourth-order valence-electron chi connectivity index (χ4n) is 4.99. The molecule has 27 heavy (non-hydrogen) atoms. The number of rotatable bonds is 5. The number of nitrogens with zero attached hydrogens (tertiary/aromatic N) is 2. The zero-order chi connectivity index (χ0) is 18.9. The fraction of sp³-hybridized carbons (Fsp3) is 0.571. The summed E-state index contributed by atoms with van der Waals surface area (Å²) in [6.07, 6.45) is 7.46. The van der Waals surface area contributed by atoms with E-state index in [-0.39, 0.29) is 5.91 Å². The molecule has 0 spiro atoms. The molecular formula is C21H28N2O3S. The SMILES string of the molecule is O=C(C[C@@H]1C[C@H]2CC[C@@H]1C2)N1CCN(S(=O)(=O)/C=C/c2ccccc2)CC1. The molecule has 5 nitrogen and oxygen atoms in total. The van der Waals surface area contributed by atoms with E-state index in [2.05, 4.69) is 0 Å². The maximum Gasteiger partial charge on any atom is 0.236 e. The van der Waals surface area contributed by atoms with Crippen molar-refractivity contribution in [2.24, 2.45) is 17.8 Å². The van der Waals surface area contributed by atoms with Gasteiger partial charge in [-0.2, -0.15) is 4.31 Å². The fourth-order valence-corrected chi connectivity index (χ4v) is 6.16. The van der Waals surface area contributed by atoms with E-state index in [1.807, 2.05) is 35.2 Å². The molecule has 0 radical (unpaired) electrons. The normalized spacial score (nSPS) is 28.9. The molecule has 1 aromatic rings. The molecular weight excluding hydrogens is 360 g/mol. The highest BCUT2D eigenvalue weighted by Crippen LogP contribution is 2.49. The Hall–Kier alpha value is -1.66. The first kappa shape index (κ1) is 18.7. The molecule has 2 saturated carbocycles. The summed E-state index contributed by atoms with van der Waals surface area (Å²) < 4.78 is 26.6. The summed E-state index contributed by atoms with van der Waals surface area (Å²) in [5.74, 6) is 2.38. The van der Waals surface area contributed by atoms with Gasteiger partial charge in [0.05, 0.1) is 0 Å². The van der Waals surface area contributed by atoms with Crippen LogP contribution in [-0.4, -0.2) is 49.7 Å². The summed E-state index contributed by atoms with van der Waals surface area (Å²) in [6.45, 7) is 1.75. The Balaban J connectivity index is 1.29. The van der Waals surface area contributed by atoms with Gasteiger partial charge >= 0.3 is 0 Å². The molecule has 2 bridgehead atoms. The topological polar surface area (TPSA) is 57.7 Å². The Bertz CT molecular complexity index is 798. The third-order valence-corrected chi connectivity index (χ3v) is 8.07. The number of carbonyl (C=O) groups excluding carboxylic acids is 1. The van der Waals surface area contributed by atoms with E-state index in [0.717, 1.165) is 17.4 Å². The van der Waals surface area contributed by atoms with Crippen molar-refractivity contribution in [1.29, 1.82) is 0 Å². The third kappa shape index (κ3) is 4.27. The van der Waals surface area contributed by atoms with Gasteiger partial charge in [-0.1, -0.05) is 36.8 Å². The van der Waals surface area contributed by atoms with Crippen LogP contribution in [0.15, 0.2) is 35.7 Å². The van der Waals surface area contributed by atoms with E-state index in [1.165, 1.54) is 35.4 Å². The van der Waals surface area contributed by atoms with E-state index < -0.39 is 10.0 Å². The molecule has 146 valence electrons. The van der Waals surface area contributed by atoms with Gasteiger partial charge in [0.25, 0.3) is 0 Å². The lowest BCUT2D eigenvalue weighted by atomic mass is 9.86. The minimum absolute atomic E-state index is 0.212. The molecule has 1 amide bonds. The van der Waals surface area contributed by atoms with Crippen LogP contribution >= 0.6 is 0 Å². The van der Waals surface area contributed by atoms with Crippen LogP contribution in [0.5, 0.6) is 0 Å². The van der Waals surface area contributed by atoms with Crippen molar-refractivity contribution < 1.29 is 13.2 Å². The second-order valence-corrected chi connectivity index (χ2v) is 10.00. The lowest BCUT2D eigenvalue weighted by Crippen LogP contribution is -2.50. The van der Waals surface area contributed by atoms with Crippen molar-refractivity contribution in [3.8, 4) is 0 Å². The number of fused-ring (bicyclic) bond motifs is 2. The number of carbonyl (C=O) groups is 1. The van der Waals surface area contributed by atoms with Crippen molar-refractivity contribution in [2.45, 2.75) is 32.1 Å². The number of benzene rings is 1. The van der Waals surface area contributed by atoms with Crippen molar-refractivity contribution in [3.63, 3.8) is 0 Å². The lowest BCUT2D eigenvalue weighted by molar-refractivity contribution is -0.133. The lowest BCUT2D eigenvalue weighted by Gasteiger charge is -2.34. The van der Waals surface area contributed by atoms with Crippen LogP contribution in [0.3, 0.4) is 0 Å². The molecule has 4 rings (SSSR count). The van der Waals surface area contributed by atoms with Gasteiger partial charge in [-0.15, -0.1) is 0 Å². The number of sulfonamides is 1. The largest absolute Gasteiger partial charge is 0.340 e. The van der Waals surface area contributed by atoms with E-state index in [9.17, 15) is 13.2 Å². The molecule has 6 heteroatoms. The number of piperazine rings is 1. The van der Waals surface area contributed by atoms with E-state index in [4.69, 9.17) is 0 Å². The second-order valence-electron chi connectivity index (χ2n) is 8.18. The Kier molecular flexibility index (Phi) is 5.37. The highest BCUT2D eigenvalue weighted by molar-refractivity contribution is 7.92. The monoisotopic (exact) mass is 388 g/mol. The number of amides is 1. The van der Waals surface area contributed by atoms with Crippen LogP contribution in [0, 0.1) is 17.8 Å². The molecule has 0 N–H and O–H groups in total. The highest BCUT2D eigenvalue weighted by atomic mass is 32.2. The molecule has 2 aliphatic carbocycles. The molecule has 0 aromatic heterocycles. The van der Waals surface area contributed by atoms with Crippen LogP contribution < -0.4 is 0 Å². The molecule has 1 heterocycles. The molecule has 1 aromatic carbocycles. The van der Waals surface area contributed by atoms with E-state index >= 15 is 0 Å². The van der Waals surface area contributed by atoms with E-state index in [1.54, 1.807) is 6.08 Å². The Labute approximate surface area is 162 Å². The van der Waals surface area contributed by atoms with Gasteiger partial charge in [-0.25, -0.2) is 8.42 Å². The summed E-state index contributed by atoms with van der Waals surface area (Å²) in [5.41, 5.74) is 0.862. The first-order valence-corrected chi connectivity index (χ1v) is 11.5. The molecule has 3 atom stereocenters. The molecule has 1 aliphatic heterocycles. The maximum absolute atomic E-state index is 12.6. The standard InChI is InChI=1S/C21H28N2O3S/c24-21(16-20-15-18-6-7-19(20)14-18)22-9-11-23(12-10-22)27(25,26)13-8-17-4-2-1-3-5-17/h1-5,8,13,18-20H,6-7,9-12,14-16H2/b13-8+/t18-,19+,20-/m0/s1. The second kappa shape index (κ2) is 7.76. The number of hydrogen-bond donors (Lipinski definition) is 0. The van der Waals surface area contributed by atoms with Crippen LogP contribution in [0.25, 0.3) is 6.08 Å². The highest BCUT2D eigenvalue weighted by Gasteiger charge is 2.41. The minimum atomic E-state index is -3.45. The first-order chi connectivity index (χ1) is 13.0. The van der Waals surface area contributed by atoms with Gasteiger partial charge in [0, 0.05) is 38.0 Å². The maximum atomic E-state index is 12.6. The van der Waals surface area contributed by atoms with E-state index in [0.29, 0.717) is 38.5 Å². The van der Waals surface area contributed by atoms with Crippen molar-refractivity contribution >= 4 is 22.0 Å². The van der Waals surface area contributed by atoms with Crippen molar-refractivity contribution in [2.75, 3.05) is 26.2 Å². The minimum Gasteiger partial charge on any atom is -0.340 e. The van der Waals surface area contributed by atoms with Crippen LogP contribution in [0.1, 0.15) is 37.7 Å². The van der Waals surface area contributed by atoms with Crippen molar-refractivity contribution in [1.82, 2.24) is 9.21 Å². The van der Waals surface area contributed by atoms with Crippen LogP contribution in [-0.2, 0) is 14.8 Å². The summed E-state index contributed by atoms with van der Waals surface area (Å²) in [5, 5.41) is 1.27. The summed E-state index contributed by atoms with van der Waals surface area (Å²) in [6, 6.07) is 9.41. The molecule has 0 unspecified atom stereocenters. The average molecular weight is 389 g/mol. The zero-order valence-corrected chi connectivity index (χ0v) is 16.5. The average Bonchev–Trinajstić information content (AvgIpc) is 3.30. The Morgan fingerprint density at radius 2 is 1.78 bits per heavy atom. The predicted molar refractivity (Wildman–Crippen MR) is 106 cm³/mol. The quantitative estimate of drug-likeness (QED) is 0.779. The van der Waals surface area contributed by atoms with Crippen LogP contribution in [0.4, 0.5) is 0 Å². The molecule has 3 fully saturated rings. The molecule has 1 saturated heterocycles. The van der Waals surface area contributed by atoms with Gasteiger partial charge < -0.3 is 4.90 Å². The van der Waals surface area contributed by atoms with Gasteiger partial charge in [0.1, 0.15) is 0 Å². The van der Waals surface area contributed by atoms with Crippen LogP contribution in [0.2, 0.25) is 0 Å². The first-order valence-electron chi connectivity index (χ1n) is 10.0. The van der Waals surface area contributed by atoms with Gasteiger partial charge in [-0.05, 0) is 48.7 Å². The summed E-state index contributed by atoms with van der Waals surface area (Å²) >= 11 is 0. The third-order valence-electron chi connectivity index (χ3n) is 6.50. The van der Waals surface area contributed by atoms with Gasteiger partial charge in [0.15, 0.2) is 0 Å². The number of hydrogen-bond acceptors (Lipinski definition) is 3. The van der Waals surface area contributed by atoms with Gasteiger partial charge in [-0.3, -0.25) is 4.79 Å². The smallest absolute Gasteiger partial charge is 0.236 e. The summed E-state index contributed by atoms with van der Waals surface area (Å²) in [7, 11) is -3.45. The predicted octanol–water partition coefficient (Wildman–Crippen LogP) is 2.96. The Morgan fingerprint density at radius 1 is 1.04 bits per heavy atom. The summed E-state index contributed by atoms with van der Waals surface area (Å²) in [4.78, 5) is 14.5. The van der Waals surface area contributed by atoms with Crippen molar-refractivity contribution in [3.05, 3.63) is 41.3 Å². The zero-order valence-electron chi connectivity index (χ0n) is 15.7. The Morgan fingerprint density at radius 3 is 2.41 bits per heavy atom.